The van der Waals surface area contributed by atoms with Crippen molar-refractivity contribution in [3.05, 3.63) is 46.3 Å². The molecule has 0 amide bonds. The Balaban J connectivity index is 2.08. The number of aromatic amines is 1. The van der Waals surface area contributed by atoms with Gasteiger partial charge < -0.3 is 14.8 Å². The van der Waals surface area contributed by atoms with Crippen LogP contribution in [0.2, 0.25) is 0 Å². The van der Waals surface area contributed by atoms with Crippen molar-refractivity contribution in [3.8, 4) is 17.0 Å². The molecule has 0 radical (unpaired) electrons. The van der Waals surface area contributed by atoms with Crippen LogP contribution >= 0.6 is 0 Å². The molecule has 3 rings (SSSR count). The van der Waals surface area contributed by atoms with Gasteiger partial charge in [-0.25, -0.2) is 4.39 Å². The molecule has 110 valence electrons. The van der Waals surface area contributed by atoms with E-state index in [0.29, 0.717) is 18.0 Å². The van der Waals surface area contributed by atoms with E-state index in [1.54, 1.807) is 0 Å². The van der Waals surface area contributed by atoms with Crippen molar-refractivity contribution in [2.45, 2.75) is 25.4 Å². The molecule has 5 nitrogen and oxygen atoms in total. The molecule has 1 fully saturated rings. The Bertz CT molecular complexity index is 719. The van der Waals surface area contributed by atoms with E-state index in [2.05, 4.69) is 9.97 Å². The van der Waals surface area contributed by atoms with E-state index in [9.17, 15) is 14.3 Å². The molecule has 2 heterocycles. The Morgan fingerprint density at radius 1 is 1.38 bits per heavy atom. The van der Waals surface area contributed by atoms with Gasteiger partial charge in [0.1, 0.15) is 22.8 Å². The molecule has 0 bridgehead atoms. The van der Waals surface area contributed by atoms with Gasteiger partial charge in [0.2, 0.25) is 5.88 Å². The number of halogens is 1. The monoisotopic (exact) mass is 290 g/mol. The second-order valence-corrected chi connectivity index (χ2v) is 5.30. The molecule has 6 heteroatoms. The Labute approximate surface area is 120 Å². The molecule has 1 aromatic carbocycles. The van der Waals surface area contributed by atoms with Crippen LogP contribution in [0, 0.1) is 5.82 Å². The average molecular weight is 290 g/mol. The average Bonchev–Trinajstić information content (AvgIpc) is 2.88. The van der Waals surface area contributed by atoms with Gasteiger partial charge in [0.25, 0.3) is 5.56 Å². The summed E-state index contributed by atoms with van der Waals surface area (Å²) in [4.78, 5) is 19.0. The highest BCUT2D eigenvalue weighted by atomic mass is 19.1. The highest BCUT2D eigenvalue weighted by Gasteiger charge is 2.35. The molecular weight excluding hydrogens is 275 g/mol. The third-order valence-corrected chi connectivity index (χ3v) is 3.75. The van der Waals surface area contributed by atoms with Crippen LogP contribution in [0.25, 0.3) is 11.1 Å². The van der Waals surface area contributed by atoms with Gasteiger partial charge in [-0.15, -0.1) is 0 Å². The molecule has 2 N–H and O–H groups in total. The standard InChI is InChI=1S/C15H15FN2O3/c1-15(7-2-8-21-15)14-17-12(19)11(13(20)18-14)9-3-5-10(16)6-4-9/h3-6H,2,7-8H2,1H3,(H2,17,18,19,20). The van der Waals surface area contributed by atoms with Gasteiger partial charge in [-0.2, -0.15) is 4.98 Å². The van der Waals surface area contributed by atoms with E-state index in [1.807, 2.05) is 6.92 Å². The first-order valence-electron chi connectivity index (χ1n) is 6.73. The van der Waals surface area contributed by atoms with E-state index in [-0.39, 0.29) is 11.4 Å². The SMILES string of the molecule is CC1(c2nc(O)c(-c3ccc(F)cc3)c(=O)[nH]2)CCCO1. The summed E-state index contributed by atoms with van der Waals surface area (Å²) in [5, 5.41) is 10.1. The van der Waals surface area contributed by atoms with E-state index in [0.717, 1.165) is 12.8 Å². The van der Waals surface area contributed by atoms with Crippen LogP contribution in [0.4, 0.5) is 4.39 Å². The van der Waals surface area contributed by atoms with Gasteiger partial charge in [0, 0.05) is 6.61 Å². The van der Waals surface area contributed by atoms with Crippen molar-refractivity contribution in [2.24, 2.45) is 0 Å². The first-order valence-corrected chi connectivity index (χ1v) is 6.73. The maximum Gasteiger partial charge on any atom is 0.262 e. The predicted molar refractivity (Wildman–Crippen MR) is 74.5 cm³/mol. The number of aromatic hydroxyl groups is 1. The minimum atomic E-state index is -0.683. The lowest BCUT2D eigenvalue weighted by molar-refractivity contribution is 0.00871. The molecule has 1 atom stereocenters. The van der Waals surface area contributed by atoms with Crippen LogP contribution < -0.4 is 5.56 Å². The Hall–Kier alpha value is -2.21. The fraction of sp³-hybridized carbons (Fsp3) is 0.333. The van der Waals surface area contributed by atoms with Crippen molar-refractivity contribution >= 4 is 0 Å². The fourth-order valence-electron chi connectivity index (χ4n) is 2.55. The first-order chi connectivity index (χ1) is 9.99. The predicted octanol–water partition coefficient (Wildman–Crippen LogP) is 2.31. The molecular formula is C15H15FN2O3. The molecule has 21 heavy (non-hydrogen) atoms. The number of hydrogen-bond acceptors (Lipinski definition) is 4. The lowest BCUT2D eigenvalue weighted by atomic mass is 10.0. The summed E-state index contributed by atoms with van der Waals surface area (Å²) in [5.74, 6) is -0.475. The smallest absolute Gasteiger partial charge is 0.262 e. The zero-order valence-corrected chi connectivity index (χ0v) is 11.5. The number of aromatic nitrogens is 2. The summed E-state index contributed by atoms with van der Waals surface area (Å²) < 4.78 is 18.5. The largest absolute Gasteiger partial charge is 0.493 e. The molecule has 1 aliphatic rings. The summed E-state index contributed by atoms with van der Waals surface area (Å²) in [6, 6.07) is 5.30. The van der Waals surface area contributed by atoms with E-state index in [1.165, 1.54) is 24.3 Å². The lowest BCUT2D eigenvalue weighted by Crippen LogP contribution is -2.27. The van der Waals surface area contributed by atoms with Crippen LogP contribution in [0.15, 0.2) is 29.1 Å². The minimum Gasteiger partial charge on any atom is -0.493 e. The van der Waals surface area contributed by atoms with E-state index >= 15 is 0 Å². The van der Waals surface area contributed by atoms with Gasteiger partial charge in [-0.3, -0.25) is 4.79 Å². The van der Waals surface area contributed by atoms with Gasteiger partial charge >= 0.3 is 0 Å². The van der Waals surface area contributed by atoms with Crippen molar-refractivity contribution in [3.63, 3.8) is 0 Å². The van der Waals surface area contributed by atoms with Crippen molar-refractivity contribution in [2.75, 3.05) is 6.61 Å². The normalized spacial score (nSPS) is 21.6. The van der Waals surface area contributed by atoms with Crippen molar-refractivity contribution < 1.29 is 14.2 Å². The fourth-order valence-corrected chi connectivity index (χ4v) is 2.55. The van der Waals surface area contributed by atoms with E-state index < -0.39 is 17.0 Å². The highest BCUT2D eigenvalue weighted by molar-refractivity contribution is 5.67. The van der Waals surface area contributed by atoms with E-state index in [4.69, 9.17) is 4.74 Å². The van der Waals surface area contributed by atoms with Gasteiger partial charge in [0.15, 0.2) is 0 Å². The maximum atomic E-state index is 12.9. The quantitative estimate of drug-likeness (QED) is 0.890. The minimum absolute atomic E-state index is 0.0281. The Morgan fingerprint density at radius 3 is 2.67 bits per heavy atom. The number of rotatable bonds is 2. The van der Waals surface area contributed by atoms with Crippen molar-refractivity contribution in [1.82, 2.24) is 9.97 Å². The van der Waals surface area contributed by atoms with Crippen LogP contribution in [-0.2, 0) is 10.3 Å². The summed E-state index contributed by atoms with van der Waals surface area (Å²) >= 11 is 0. The Morgan fingerprint density at radius 2 is 2.10 bits per heavy atom. The van der Waals surface area contributed by atoms with Crippen molar-refractivity contribution in [1.29, 1.82) is 0 Å². The molecule has 1 aliphatic heterocycles. The third-order valence-electron chi connectivity index (χ3n) is 3.75. The Kier molecular flexibility index (Phi) is 3.25. The number of benzene rings is 1. The molecule has 0 spiro atoms. The molecule has 1 saturated heterocycles. The molecule has 1 unspecified atom stereocenters. The zero-order chi connectivity index (χ0) is 15.0. The van der Waals surface area contributed by atoms with Gasteiger partial charge in [-0.1, -0.05) is 12.1 Å². The molecule has 1 aromatic heterocycles. The van der Waals surface area contributed by atoms with Gasteiger partial charge in [-0.05, 0) is 37.5 Å². The van der Waals surface area contributed by atoms with Crippen LogP contribution in [-0.4, -0.2) is 21.7 Å². The zero-order valence-electron chi connectivity index (χ0n) is 11.5. The molecule has 2 aromatic rings. The molecule has 0 aliphatic carbocycles. The summed E-state index contributed by atoms with van der Waals surface area (Å²) in [7, 11) is 0. The lowest BCUT2D eigenvalue weighted by Gasteiger charge is -2.22. The number of H-pyrrole nitrogens is 1. The third kappa shape index (κ3) is 2.42. The second kappa shape index (κ2) is 4.96. The first kappa shape index (κ1) is 13.8. The summed E-state index contributed by atoms with van der Waals surface area (Å²) in [6.07, 6.45) is 1.60. The number of ether oxygens (including phenoxy) is 1. The van der Waals surface area contributed by atoms with Crippen LogP contribution in [0.5, 0.6) is 5.88 Å². The maximum absolute atomic E-state index is 12.9. The van der Waals surface area contributed by atoms with Crippen LogP contribution in [0.1, 0.15) is 25.6 Å². The van der Waals surface area contributed by atoms with Crippen LogP contribution in [0.3, 0.4) is 0 Å². The molecule has 0 saturated carbocycles. The second-order valence-electron chi connectivity index (χ2n) is 5.30. The highest BCUT2D eigenvalue weighted by Crippen LogP contribution is 2.34. The topological polar surface area (TPSA) is 75.2 Å². The number of hydrogen-bond donors (Lipinski definition) is 2. The number of nitrogens with one attached hydrogen (secondary N) is 1. The number of nitrogens with zero attached hydrogens (tertiary/aromatic N) is 1. The summed E-state index contributed by atoms with van der Waals surface area (Å²) in [5.41, 5.74) is -0.717. The summed E-state index contributed by atoms with van der Waals surface area (Å²) in [6.45, 7) is 2.43. The van der Waals surface area contributed by atoms with Gasteiger partial charge in [0.05, 0.1) is 0 Å².